The smallest absolute Gasteiger partial charge is 0.265 e. The van der Waals surface area contributed by atoms with Crippen LogP contribution in [-0.4, -0.2) is 24.8 Å². The summed E-state index contributed by atoms with van der Waals surface area (Å²) in [4.78, 5) is 18.4. The van der Waals surface area contributed by atoms with Crippen LogP contribution in [0.3, 0.4) is 0 Å². The summed E-state index contributed by atoms with van der Waals surface area (Å²) < 4.78 is 5.25. The predicted molar refractivity (Wildman–Crippen MR) is 112 cm³/mol. The first kappa shape index (κ1) is 18.7. The lowest BCUT2D eigenvalue weighted by molar-refractivity contribution is -0.131. The Balaban J connectivity index is 1.51. The van der Waals surface area contributed by atoms with E-state index in [4.69, 9.17) is 9.57 Å². The lowest BCUT2D eigenvalue weighted by Crippen LogP contribution is -2.37. The largest absolute Gasteiger partial charge is 0.497 e. The van der Waals surface area contributed by atoms with Gasteiger partial charge >= 0.3 is 0 Å². The maximum absolute atomic E-state index is 13.0. The maximum Gasteiger partial charge on any atom is 0.265 e. The van der Waals surface area contributed by atoms with Crippen molar-refractivity contribution in [1.29, 1.82) is 0 Å². The Bertz CT molecular complexity index is 986. The lowest BCUT2D eigenvalue weighted by Gasteiger charge is -2.21. The van der Waals surface area contributed by atoms with Gasteiger partial charge in [0.2, 0.25) is 6.10 Å². The molecule has 5 nitrogen and oxygen atoms in total. The Morgan fingerprint density at radius 1 is 0.966 bits per heavy atom. The third kappa shape index (κ3) is 4.29. The van der Waals surface area contributed by atoms with E-state index in [2.05, 4.69) is 10.5 Å². The van der Waals surface area contributed by atoms with Crippen LogP contribution in [0.25, 0.3) is 0 Å². The van der Waals surface area contributed by atoms with Crippen LogP contribution >= 0.6 is 0 Å². The highest BCUT2D eigenvalue weighted by atomic mass is 16.6. The molecule has 0 fully saturated rings. The van der Waals surface area contributed by atoms with Gasteiger partial charge in [-0.15, -0.1) is 0 Å². The van der Waals surface area contributed by atoms with Gasteiger partial charge in [-0.25, -0.2) is 0 Å². The zero-order valence-electron chi connectivity index (χ0n) is 16.1. The van der Waals surface area contributed by atoms with E-state index < -0.39 is 6.10 Å². The van der Waals surface area contributed by atoms with Crippen molar-refractivity contribution in [2.75, 3.05) is 7.11 Å². The molecule has 2 atom stereocenters. The molecule has 0 aromatic heterocycles. The second kappa shape index (κ2) is 8.61. The van der Waals surface area contributed by atoms with Gasteiger partial charge in [-0.2, -0.15) is 0 Å². The van der Waals surface area contributed by atoms with Gasteiger partial charge in [-0.05, 0) is 28.8 Å². The number of hydrogen-bond acceptors (Lipinski definition) is 4. The van der Waals surface area contributed by atoms with Crippen molar-refractivity contribution in [1.82, 2.24) is 5.32 Å². The van der Waals surface area contributed by atoms with E-state index in [1.165, 1.54) is 0 Å². The molecule has 2 unspecified atom stereocenters. The number of methoxy groups -OCH3 is 1. The summed E-state index contributed by atoms with van der Waals surface area (Å²) in [5.74, 6) is 0.580. The number of nitrogens with zero attached hydrogens (tertiary/aromatic N) is 1. The molecule has 0 radical (unpaired) electrons. The summed E-state index contributed by atoms with van der Waals surface area (Å²) in [7, 11) is 1.63. The zero-order valence-corrected chi connectivity index (χ0v) is 16.1. The molecule has 0 spiro atoms. The van der Waals surface area contributed by atoms with Crippen LogP contribution in [0.4, 0.5) is 0 Å². The van der Waals surface area contributed by atoms with Crippen molar-refractivity contribution in [3.63, 3.8) is 0 Å². The molecule has 1 heterocycles. The van der Waals surface area contributed by atoms with Crippen LogP contribution in [0.5, 0.6) is 5.75 Å². The molecular formula is C24H22N2O3. The highest BCUT2D eigenvalue weighted by Gasteiger charge is 2.31. The summed E-state index contributed by atoms with van der Waals surface area (Å²) >= 11 is 0. The second-order valence-corrected chi connectivity index (χ2v) is 6.83. The Hall–Kier alpha value is -3.60. The Morgan fingerprint density at radius 2 is 1.59 bits per heavy atom. The van der Waals surface area contributed by atoms with Crippen molar-refractivity contribution in [2.45, 2.75) is 18.6 Å². The average molecular weight is 386 g/mol. The number of nitrogens with one attached hydrogen (secondary N) is 1. The quantitative estimate of drug-likeness (QED) is 0.694. The molecule has 3 aromatic carbocycles. The van der Waals surface area contributed by atoms with Gasteiger partial charge in [0.15, 0.2) is 0 Å². The van der Waals surface area contributed by atoms with Gasteiger partial charge in [0.1, 0.15) is 5.75 Å². The number of carbonyl (C=O) groups is 1. The summed E-state index contributed by atoms with van der Waals surface area (Å²) in [5, 5.41) is 7.25. The first-order valence-electron chi connectivity index (χ1n) is 9.52. The van der Waals surface area contributed by atoms with Gasteiger partial charge < -0.3 is 14.9 Å². The van der Waals surface area contributed by atoms with E-state index in [0.717, 1.165) is 28.2 Å². The van der Waals surface area contributed by atoms with Gasteiger partial charge in [0, 0.05) is 6.42 Å². The Kier molecular flexibility index (Phi) is 5.56. The number of benzene rings is 3. The van der Waals surface area contributed by atoms with E-state index >= 15 is 0 Å². The van der Waals surface area contributed by atoms with Crippen LogP contribution in [-0.2, 0) is 9.63 Å². The molecule has 1 aliphatic rings. The lowest BCUT2D eigenvalue weighted by atomic mass is 9.97. The molecule has 29 heavy (non-hydrogen) atoms. The van der Waals surface area contributed by atoms with E-state index in [-0.39, 0.29) is 11.9 Å². The van der Waals surface area contributed by atoms with Crippen LogP contribution in [0, 0.1) is 0 Å². The minimum Gasteiger partial charge on any atom is -0.497 e. The normalized spacial score (nSPS) is 16.4. The van der Waals surface area contributed by atoms with Gasteiger partial charge in [-0.3, -0.25) is 4.79 Å². The summed E-state index contributed by atoms with van der Waals surface area (Å²) in [6, 6.07) is 27.0. The maximum atomic E-state index is 13.0. The number of carbonyl (C=O) groups excluding carboxylic acids is 1. The molecule has 146 valence electrons. The molecule has 0 saturated heterocycles. The summed E-state index contributed by atoms with van der Waals surface area (Å²) in [6.07, 6.45) is -0.199. The summed E-state index contributed by atoms with van der Waals surface area (Å²) in [6.45, 7) is 0. The molecule has 1 aliphatic heterocycles. The minimum absolute atomic E-state index is 0.190. The van der Waals surface area contributed by atoms with Crippen molar-refractivity contribution in [3.05, 3.63) is 102 Å². The first-order chi connectivity index (χ1) is 14.2. The van der Waals surface area contributed by atoms with E-state index in [1.54, 1.807) is 7.11 Å². The van der Waals surface area contributed by atoms with E-state index in [1.807, 2.05) is 84.9 Å². The molecule has 4 rings (SSSR count). The van der Waals surface area contributed by atoms with Crippen molar-refractivity contribution < 1.29 is 14.4 Å². The van der Waals surface area contributed by atoms with Gasteiger partial charge in [0.05, 0.1) is 18.9 Å². The standard InChI is InChI=1S/C24H22N2O3/c1-28-20-14-12-19(13-15-20)23(18-10-6-3-7-11-18)25-24(27)22-16-21(26-29-22)17-8-4-2-5-9-17/h2-15,22-23H,16H2,1H3,(H,25,27). The molecule has 0 bridgehead atoms. The van der Waals surface area contributed by atoms with Crippen molar-refractivity contribution in [3.8, 4) is 5.75 Å². The fourth-order valence-corrected chi connectivity index (χ4v) is 3.36. The van der Waals surface area contributed by atoms with Crippen LogP contribution in [0.15, 0.2) is 90.1 Å². The Labute approximate surface area is 170 Å². The third-order valence-electron chi connectivity index (χ3n) is 4.94. The number of rotatable bonds is 6. The molecule has 0 aliphatic carbocycles. The van der Waals surface area contributed by atoms with Gasteiger partial charge in [0.25, 0.3) is 5.91 Å². The topological polar surface area (TPSA) is 59.9 Å². The Morgan fingerprint density at radius 3 is 2.24 bits per heavy atom. The van der Waals surface area contributed by atoms with Crippen molar-refractivity contribution in [2.24, 2.45) is 5.16 Å². The molecule has 5 heteroatoms. The van der Waals surface area contributed by atoms with Crippen LogP contribution in [0.1, 0.15) is 29.2 Å². The summed E-state index contributed by atoms with van der Waals surface area (Å²) in [5.41, 5.74) is 3.71. The van der Waals surface area contributed by atoms with Crippen LogP contribution < -0.4 is 10.1 Å². The van der Waals surface area contributed by atoms with Gasteiger partial charge in [-0.1, -0.05) is 78.0 Å². The molecular weight excluding hydrogens is 364 g/mol. The monoisotopic (exact) mass is 386 g/mol. The SMILES string of the molecule is COc1ccc(C(NC(=O)C2CC(c3ccccc3)=NO2)c2ccccc2)cc1. The molecule has 3 aromatic rings. The van der Waals surface area contributed by atoms with Crippen molar-refractivity contribution >= 4 is 11.6 Å². The zero-order chi connectivity index (χ0) is 20.1. The fraction of sp³-hybridized carbons (Fsp3) is 0.167. The highest BCUT2D eigenvalue weighted by Crippen LogP contribution is 2.25. The number of ether oxygens (including phenoxy) is 1. The number of oxime groups is 1. The van der Waals surface area contributed by atoms with E-state index in [9.17, 15) is 4.79 Å². The third-order valence-corrected chi connectivity index (χ3v) is 4.94. The minimum atomic E-state index is -0.644. The fourth-order valence-electron chi connectivity index (χ4n) is 3.36. The van der Waals surface area contributed by atoms with Crippen LogP contribution in [0.2, 0.25) is 0 Å². The molecule has 1 amide bonds. The average Bonchev–Trinajstić information content (AvgIpc) is 3.29. The number of amides is 1. The predicted octanol–water partition coefficient (Wildman–Crippen LogP) is 4.09. The first-order valence-corrected chi connectivity index (χ1v) is 9.52. The highest BCUT2D eigenvalue weighted by molar-refractivity contribution is 6.04. The van der Waals surface area contributed by atoms with E-state index in [0.29, 0.717) is 6.42 Å². The number of hydrogen-bond donors (Lipinski definition) is 1. The molecule has 0 saturated carbocycles. The molecule has 1 N–H and O–H groups in total. The second-order valence-electron chi connectivity index (χ2n) is 6.83.